The van der Waals surface area contributed by atoms with Crippen molar-refractivity contribution in [2.45, 2.75) is 45.2 Å². The lowest BCUT2D eigenvalue weighted by Gasteiger charge is -2.25. The Labute approximate surface area is 182 Å². The topological polar surface area (TPSA) is 78.4 Å². The molecule has 30 heavy (non-hydrogen) atoms. The lowest BCUT2D eigenvalue weighted by molar-refractivity contribution is -0.132. The zero-order chi connectivity index (χ0) is 21.7. The standard InChI is InChI=1S/C22H28ClN5O2/c1-15(29)27(3)14-18-13-20(24-2)26-22(25-18)19-5-4-12-28(19)21(30)11-8-16-6-9-17(23)10-7-16/h6-7,9-10,13,19H,4-5,8,11-12,14H2,1-3H3,(H,24,25,26). The molecule has 2 heterocycles. The van der Waals surface area contributed by atoms with Gasteiger partial charge in [0.25, 0.3) is 0 Å². The Morgan fingerprint density at radius 3 is 2.67 bits per heavy atom. The largest absolute Gasteiger partial charge is 0.373 e. The van der Waals surface area contributed by atoms with Gasteiger partial charge in [0.1, 0.15) is 5.82 Å². The van der Waals surface area contributed by atoms with Crippen LogP contribution in [-0.4, -0.2) is 52.2 Å². The first-order chi connectivity index (χ1) is 14.4. The summed E-state index contributed by atoms with van der Waals surface area (Å²) < 4.78 is 0. The molecule has 0 radical (unpaired) electrons. The summed E-state index contributed by atoms with van der Waals surface area (Å²) in [6.07, 6.45) is 2.87. The molecule has 1 aromatic heterocycles. The summed E-state index contributed by atoms with van der Waals surface area (Å²) >= 11 is 5.94. The minimum absolute atomic E-state index is 0.0268. The maximum absolute atomic E-state index is 13.0. The molecule has 3 rings (SSSR count). The van der Waals surface area contributed by atoms with E-state index in [0.29, 0.717) is 42.6 Å². The first kappa shape index (κ1) is 22.0. The predicted octanol–water partition coefficient (Wildman–Crippen LogP) is 3.45. The number of amides is 2. The fraction of sp³-hybridized carbons (Fsp3) is 0.455. The van der Waals surface area contributed by atoms with Gasteiger partial charge in [-0.3, -0.25) is 9.59 Å². The second-order valence-corrected chi connectivity index (χ2v) is 8.04. The average Bonchev–Trinajstić information content (AvgIpc) is 3.23. The molecule has 1 saturated heterocycles. The molecule has 0 spiro atoms. The normalized spacial score (nSPS) is 15.9. The van der Waals surface area contributed by atoms with Crippen LogP contribution in [0.1, 0.15) is 49.3 Å². The Morgan fingerprint density at radius 1 is 1.27 bits per heavy atom. The highest BCUT2D eigenvalue weighted by molar-refractivity contribution is 6.30. The van der Waals surface area contributed by atoms with Crippen LogP contribution < -0.4 is 5.32 Å². The van der Waals surface area contributed by atoms with Gasteiger partial charge in [0, 0.05) is 45.1 Å². The van der Waals surface area contributed by atoms with E-state index in [-0.39, 0.29) is 17.9 Å². The Hall–Kier alpha value is -2.67. The number of anilines is 1. The number of aryl methyl sites for hydroxylation is 1. The molecule has 2 aromatic rings. The molecule has 160 valence electrons. The minimum atomic E-state index is -0.141. The van der Waals surface area contributed by atoms with Crippen molar-refractivity contribution in [1.29, 1.82) is 0 Å². The van der Waals surface area contributed by atoms with Crippen molar-refractivity contribution in [1.82, 2.24) is 19.8 Å². The maximum Gasteiger partial charge on any atom is 0.223 e. The van der Waals surface area contributed by atoms with Crippen molar-refractivity contribution in [3.05, 3.63) is 52.4 Å². The van der Waals surface area contributed by atoms with Gasteiger partial charge in [-0.2, -0.15) is 0 Å². The summed E-state index contributed by atoms with van der Waals surface area (Å²) in [5.74, 6) is 1.40. The third kappa shape index (κ3) is 5.48. The van der Waals surface area contributed by atoms with Crippen molar-refractivity contribution >= 4 is 29.2 Å². The molecule has 1 aromatic carbocycles. The van der Waals surface area contributed by atoms with E-state index in [1.165, 1.54) is 6.92 Å². The van der Waals surface area contributed by atoms with Crippen LogP contribution in [0.4, 0.5) is 5.82 Å². The summed E-state index contributed by atoms with van der Waals surface area (Å²) in [5, 5.41) is 3.75. The van der Waals surface area contributed by atoms with E-state index in [1.807, 2.05) is 35.2 Å². The minimum Gasteiger partial charge on any atom is -0.373 e. The van der Waals surface area contributed by atoms with Gasteiger partial charge in [0.15, 0.2) is 5.82 Å². The van der Waals surface area contributed by atoms with Crippen LogP contribution in [0.5, 0.6) is 0 Å². The number of carbonyl (C=O) groups is 2. The maximum atomic E-state index is 13.0. The molecule has 1 atom stereocenters. The number of nitrogens with zero attached hydrogens (tertiary/aromatic N) is 4. The van der Waals surface area contributed by atoms with Crippen molar-refractivity contribution in [3.8, 4) is 0 Å². The van der Waals surface area contributed by atoms with E-state index in [0.717, 1.165) is 24.1 Å². The van der Waals surface area contributed by atoms with Gasteiger partial charge in [0.2, 0.25) is 11.8 Å². The summed E-state index contributed by atoms with van der Waals surface area (Å²) in [7, 11) is 3.54. The zero-order valence-corrected chi connectivity index (χ0v) is 18.4. The molecule has 0 aliphatic carbocycles. The number of hydrogen-bond acceptors (Lipinski definition) is 5. The molecule has 0 saturated carbocycles. The number of likely N-dealkylation sites (tertiary alicyclic amines) is 1. The summed E-state index contributed by atoms with van der Waals surface area (Å²) in [5.41, 5.74) is 1.84. The first-order valence-corrected chi connectivity index (χ1v) is 10.6. The third-order valence-corrected chi connectivity index (χ3v) is 5.65. The van der Waals surface area contributed by atoms with Crippen LogP contribution in [0, 0.1) is 0 Å². The number of hydrogen-bond donors (Lipinski definition) is 1. The van der Waals surface area contributed by atoms with Crippen LogP contribution in [0.25, 0.3) is 0 Å². The van der Waals surface area contributed by atoms with Crippen LogP contribution in [0.2, 0.25) is 5.02 Å². The number of aromatic nitrogens is 2. The van der Waals surface area contributed by atoms with E-state index in [1.54, 1.807) is 19.0 Å². The van der Waals surface area contributed by atoms with Gasteiger partial charge in [-0.05, 0) is 37.0 Å². The van der Waals surface area contributed by atoms with Gasteiger partial charge in [0.05, 0.1) is 18.3 Å². The summed E-state index contributed by atoms with van der Waals surface area (Å²) in [6.45, 7) is 2.63. The number of rotatable bonds is 7. The number of benzene rings is 1. The Morgan fingerprint density at radius 2 is 2.00 bits per heavy atom. The van der Waals surface area contributed by atoms with E-state index >= 15 is 0 Å². The monoisotopic (exact) mass is 429 g/mol. The van der Waals surface area contributed by atoms with E-state index < -0.39 is 0 Å². The van der Waals surface area contributed by atoms with Gasteiger partial charge >= 0.3 is 0 Å². The van der Waals surface area contributed by atoms with E-state index in [4.69, 9.17) is 16.6 Å². The van der Waals surface area contributed by atoms with Crippen LogP contribution in [0.3, 0.4) is 0 Å². The smallest absolute Gasteiger partial charge is 0.223 e. The molecular formula is C22H28ClN5O2. The molecule has 7 nitrogen and oxygen atoms in total. The van der Waals surface area contributed by atoms with Crippen molar-refractivity contribution < 1.29 is 9.59 Å². The molecule has 0 bridgehead atoms. The molecule has 1 N–H and O–H groups in total. The van der Waals surface area contributed by atoms with E-state index in [2.05, 4.69) is 10.3 Å². The van der Waals surface area contributed by atoms with Crippen LogP contribution in [-0.2, 0) is 22.6 Å². The number of halogens is 1. The fourth-order valence-corrected chi connectivity index (χ4v) is 3.74. The van der Waals surface area contributed by atoms with Crippen molar-refractivity contribution in [2.75, 3.05) is 26.0 Å². The highest BCUT2D eigenvalue weighted by Crippen LogP contribution is 2.31. The zero-order valence-electron chi connectivity index (χ0n) is 17.7. The van der Waals surface area contributed by atoms with Crippen molar-refractivity contribution in [2.24, 2.45) is 0 Å². The van der Waals surface area contributed by atoms with Gasteiger partial charge in [-0.25, -0.2) is 9.97 Å². The molecule has 8 heteroatoms. The molecule has 1 unspecified atom stereocenters. The molecular weight excluding hydrogens is 402 g/mol. The number of carbonyl (C=O) groups excluding carboxylic acids is 2. The van der Waals surface area contributed by atoms with E-state index in [9.17, 15) is 9.59 Å². The lowest BCUT2D eigenvalue weighted by atomic mass is 10.1. The second kappa shape index (κ2) is 9.89. The van der Waals surface area contributed by atoms with Crippen LogP contribution in [0.15, 0.2) is 30.3 Å². The SMILES string of the molecule is CNc1cc(CN(C)C(C)=O)nc(C2CCCN2C(=O)CCc2ccc(Cl)cc2)n1. The van der Waals surface area contributed by atoms with Gasteiger partial charge in [-0.15, -0.1) is 0 Å². The first-order valence-electron chi connectivity index (χ1n) is 10.2. The Kier molecular flexibility index (Phi) is 7.26. The third-order valence-electron chi connectivity index (χ3n) is 5.40. The lowest BCUT2D eigenvalue weighted by Crippen LogP contribution is -2.32. The van der Waals surface area contributed by atoms with Crippen LogP contribution >= 0.6 is 11.6 Å². The molecule has 2 amide bonds. The summed E-state index contributed by atoms with van der Waals surface area (Å²) in [6, 6.07) is 9.29. The quantitative estimate of drug-likeness (QED) is 0.729. The average molecular weight is 430 g/mol. The predicted molar refractivity (Wildman–Crippen MR) is 117 cm³/mol. The second-order valence-electron chi connectivity index (χ2n) is 7.60. The Balaban J connectivity index is 1.74. The summed E-state index contributed by atoms with van der Waals surface area (Å²) in [4.78, 5) is 37.4. The molecule has 1 aliphatic heterocycles. The fourth-order valence-electron chi connectivity index (χ4n) is 3.61. The van der Waals surface area contributed by atoms with Gasteiger partial charge < -0.3 is 15.1 Å². The van der Waals surface area contributed by atoms with Crippen molar-refractivity contribution in [3.63, 3.8) is 0 Å². The highest BCUT2D eigenvalue weighted by atomic mass is 35.5. The number of nitrogens with one attached hydrogen (secondary N) is 1. The Bertz CT molecular complexity index is 903. The molecule has 1 aliphatic rings. The van der Waals surface area contributed by atoms with Gasteiger partial charge in [-0.1, -0.05) is 23.7 Å². The molecule has 1 fully saturated rings. The highest BCUT2D eigenvalue weighted by Gasteiger charge is 2.32.